The molecule has 106 valence electrons. The van der Waals surface area contributed by atoms with Crippen molar-refractivity contribution in [2.75, 3.05) is 11.3 Å². The number of hydrogen-bond acceptors (Lipinski definition) is 5. The fraction of sp³-hybridized carbons (Fsp3) is 0.250. The van der Waals surface area contributed by atoms with E-state index in [0.29, 0.717) is 9.60 Å². The Morgan fingerprint density at radius 3 is 2.90 bits per heavy atom. The number of benzene rings is 1. The van der Waals surface area contributed by atoms with Gasteiger partial charge in [-0.25, -0.2) is 13.4 Å². The molecule has 0 unspecified atom stereocenters. The molecule has 2 aromatic rings. The summed E-state index contributed by atoms with van der Waals surface area (Å²) in [5.74, 6) is 0. The number of sulfonamides is 1. The number of hydrogen-bond donors (Lipinski definition) is 2. The van der Waals surface area contributed by atoms with Gasteiger partial charge < -0.3 is 5.32 Å². The summed E-state index contributed by atoms with van der Waals surface area (Å²) in [7, 11) is -3.61. The third-order valence-corrected chi connectivity index (χ3v) is 6.44. The van der Waals surface area contributed by atoms with Crippen LogP contribution in [0.1, 0.15) is 10.6 Å². The van der Waals surface area contributed by atoms with Crippen LogP contribution >= 0.6 is 27.3 Å². The second-order valence-corrected chi connectivity index (χ2v) is 7.94. The van der Waals surface area contributed by atoms with Crippen LogP contribution in [0.4, 0.5) is 5.13 Å². The molecule has 1 aliphatic heterocycles. The predicted octanol–water partition coefficient (Wildman–Crippen LogP) is 2.35. The number of anilines is 1. The Labute approximate surface area is 129 Å². The molecule has 2 heterocycles. The normalized spacial score (nSPS) is 14.8. The van der Waals surface area contributed by atoms with Crippen molar-refractivity contribution in [3.8, 4) is 0 Å². The largest absolute Gasteiger partial charge is 0.311 e. The molecule has 0 amide bonds. The molecule has 0 radical (unpaired) electrons. The first-order valence-corrected chi connectivity index (χ1v) is 9.12. The summed E-state index contributed by atoms with van der Waals surface area (Å²) < 4.78 is 27.8. The zero-order valence-electron chi connectivity index (χ0n) is 10.4. The lowest BCUT2D eigenvalue weighted by molar-refractivity contribution is 0.600. The van der Waals surface area contributed by atoms with Crippen LogP contribution in [0.5, 0.6) is 0 Å². The van der Waals surface area contributed by atoms with Gasteiger partial charge in [0, 0.05) is 28.9 Å². The number of nitrogens with one attached hydrogen (secondary N) is 2. The van der Waals surface area contributed by atoms with Crippen molar-refractivity contribution >= 4 is 42.4 Å². The van der Waals surface area contributed by atoms with E-state index in [4.69, 9.17) is 0 Å². The minimum absolute atomic E-state index is 0.214. The summed E-state index contributed by atoms with van der Waals surface area (Å²) in [4.78, 5) is 5.68. The summed E-state index contributed by atoms with van der Waals surface area (Å²) in [6.45, 7) is 1.64. The van der Waals surface area contributed by atoms with E-state index in [9.17, 15) is 8.42 Å². The van der Waals surface area contributed by atoms with Crippen molar-refractivity contribution in [1.29, 1.82) is 0 Å². The highest BCUT2D eigenvalue weighted by Crippen LogP contribution is 2.29. The van der Waals surface area contributed by atoms with E-state index >= 15 is 0 Å². The van der Waals surface area contributed by atoms with Gasteiger partial charge in [0.05, 0.1) is 5.69 Å². The second kappa shape index (κ2) is 5.44. The van der Waals surface area contributed by atoms with Crippen molar-refractivity contribution in [3.05, 3.63) is 39.3 Å². The maximum absolute atomic E-state index is 12.3. The molecule has 1 aliphatic rings. The highest BCUT2D eigenvalue weighted by Gasteiger charge is 2.21. The summed E-state index contributed by atoms with van der Waals surface area (Å²) >= 11 is 4.64. The van der Waals surface area contributed by atoms with E-state index in [-0.39, 0.29) is 4.90 Å². The fourth-order valence-electron chi connectivity index (χ4n) is 2.00. The van der Waals surface area contributed by atoms with Crippen molar-refractivity contribution < 1.29 is 8.42 Å². The maximum Gasteiger partial charge on any atom is 0.264 e. The standard InChI is InChI=1S/C12H12BrN3O2S2/c13-8-3-1-2-4-11(8)20(17,18)16-12-15-9-5-6-14-7-10(9)19-12/h1-4,14H,5-7H2,(H,15,16). The topological polar surface area (TPSA) is 71.1 Å². The van der Waals surface area contributed by atoms with Gasteiger partial charge in [0.25, 0.3) is 10.0 Å². The molecule has 0 bridgehead atoms. The van der Waals surface area contributed by atoms with Crippen LogP contribution in [0.3, 0.4) is 0 Å². The van der Waals surface area contributed by atoms with E-state index in [0.717, 1.165) is 30.1 Å². The molecule has 0 atom stereocenters. The van der Waals surface area contributed by atoms with E-state index in [1.165, 1.54) is 11.3 Å². The average Bonchev–Trinajstić information content (AvgIpc) is 2.80. The molecule has 0 saturated carbocycles. The minimum atomic E-state index is -3.61. The van der Waals surface area contributed by atoms with Crippen LogP contribution < -0.4 is 10.0 Å². The Hall–Kier alpha value is -0.960. The monoisotopic (exact) mass is 373 g/mol. The Kier molecular flexibility index (Phi) is 3.80. The van der Waals surface area contributed by atoms with Crippen molar-refractivity contribution in [1.82, 2.24) is 10.3 Å². The SMILES string of the molecule is O=S(=O)(Nc1nc2c(s1)CNCC2)c1ccccc1Br. The summed E-state index contributed by atoms with van der Waals surface area (Å²) in [6.07, 6.45) is 0.836. The molecule has 2 N–H and O–H groups in total. The number of aromatic nitrogens is 1. The van der Waals surface area contributed by atoms with Gasteiger partial charge in [-0.1, -0.05) is 23.5 Å². The van der Waals surface area contributed by atoms with Gasteiger partial charge in [-0.05, 0) is 28.1 Å². The van der Waals surface area contributed by atoms with Crippen LogP contribution in [-0.4, -0.2) is 19.9 Å². The minimum Gasteiger partial charge on any atom is -0.311 e. The molecule has 5 nitrogen and oxygen atoms in total. The molecule has 20 heavy (non-hydrogen) atoms. The first-order valence-electron chi connectivity index (χ1n) is 6.03. The third-order valence-electron chi connectivity index (χ3n) is 2.95. The average molecular weight is 374 g/mol. The lowest BCUT2D eigenvalue weighted by Gasteiger charge is -2.09. The first kappa shape index (κ1) is 14.0. The molecule has 0 fully saturated rings. The fourth-order valence-corrected chi connectivity index (χ4v) is 5.22. The smallest absolute Gasteiger partial charge is 0.264 e. The van der Waals surface area contributed by atoms with Crippen LogP contribution in [0, 0.1) is 0 Å². The molecule has 1 aromatic heterocycles. The van der Waals surface area contributed by atoms with Gasteiger partial charge in [-0.15, -0.1) is 0 Å². The number of halogens is 1. The Balaban J connectivity index is 1.90. The molecular weight excluding hydrogens is 362 g/mol. The third kappa shape index (κ3) is 2.73. The van der Waals surface area contributed by atoms with Gasteiger partial charge in [-0.3, -0.25) is 4.72 Å². The van der Waals surface area contributed by atoms with Crippen LogP contribution in [0.25, 0.3) is 0 Å². The molecule has 0 spiro atoms. The van der Waals surface area contributed by atoms with Gasteiger partial charge in [0.1, 0.15) is 4.90 Å². The first-order chi connectivity index (χ1) is 9.56. The quantitative estimate of drug-likeness (QED) is 0.865. The zero-order valence-corrected chi connectivity index (χ0v) is 13.6. The van der Waals surface area contributed by atoms with Crippen LogP contribution in [-0.2, 0) is 23.0 Å². The highest BCUT2D eigenvalue weighted by atomic mass is 79.9. The second-order valence-electron chi connectivity index (χ2n) is 4.35. The lowest BCUT2D eigenvalue weighted by atomic mass is 10.2. The van der Waals surface area contributed by atoms with E-state index in [2.05, 4.69) is 31.0 Å². The van der Waals surface area contributed by atoms with Gasteiger partial charge in [0.15, 0.2) is 5.13 Å². The van der Waals surface area contributed by atoms with E-state index in [1.807, 2.05) is 0 Å². The van der Waals surface area contributed by atoms with Crippen LogP contribution in [0.2, 0.25) is 0 Å². The molecule has 0 aliphatic carbocycles. The zero-order chi connectivity index (χ0) is 14.2. The lowest BCUT2D eigenvalue weighted by Crippen LogP contribution is -2.22. The molecule has 3 rings (SSSR count). The van der Waals surface area contributed by atoms with Gasteiger partial charge in [-0.2, -0.15) is 0 Å². The van der Waals surface area contributed by atoms with Crippen LogP contribution in [0.15, 0.2) is 33.6 Å². The summed E-state index contributed by atoms with van der Waals surface area (Å²) in [6, 6.07) is 6.72. The highest BCUT2D eigenvalue weighted by molar-refractivity contribution is 9.10. The van der Waals surface area contributed by atoms with Gasteiger partial charge >= 0.3 is 0 Å². The van der Waals surface area contributed by atoms with Crippen molar-refractivity contribution in [2.24, 2.45) is 0 Å². The molecular formula is C12H12BrN3O2S2. The van der Waals surface area contributed by atoms with Crippen molar-refractivity contribution in [3.63, 3.8) is 0 Å². The summed E-state index contributed by atoms with van der Waals surface area (Å²) in [5.41, 5.74) is 0.985. The molecule has 8 heteroatoms. The molecule has 0 saturated heterocycles. The number of fused-ring (bicyclic) bond motifs is 1. The van der Waals surface area contributed by atoms with Crippen molar-refractivity contribution in [2.45, 2.75) is 17.9 Å². The number of thiazole rings is 1. The Morgan fingerprint density at radius 2 is 2.15 bits per heavy atom. The Bertz CT molecular complexity index is 719. The van der Waals surface area contributed by atoms with E-state index < -0.39 is 10.0 Å². The van der Waals surface area contributed by atoms with Gasteiger partial charge in [0.2, 0.25) is 0 Å². The number of rotatable bonds is 3. The summed E-state index contributed by atoms with van der Waals surface area (Å²) in [5, 5.41) is 3.67. The predicted molar refractivity (Wildman–Crippen MR) is 82.5 cm³/mol. The van der Waals surface area contributed by atoms with E-state index in [1.54, 1.807) is 24.3 Å². The number of nitrogens with zero attached hydrogens (tertiary/aromatic N) is 1. The molecule has 1 aromatic carbocycles. The maximum atomic E-state index is 12.3. The Morgan fingerprint density at radius 1 is 1.35 bits per heavy atom.